The Hall–Kier alpha value is -1.99. The molecule has 0 bridgehead atoms. The molecule has 2 aliphatic rings. The van der Waals surface area contributed by atoms with Gasteiger partial charge in [-0.15, -0.1) is 0 Å². The number of ether oxygens (including phenoxy) is 1. The Morgan fingerprint density at radius 3 is 2.70 bits per heavy atom. The molecule has 0 amide bonds. The molecule has 2 aliphatic heterocycles. The van der Waals surface area contributed by atoms with Gasteiger partial charge >= 0.3 is 0 Å². The van der Waals surface area contributed by atoms with Crippen LogP contribution in [0.15, 0.2) is 36.9 Å². The summed E-state index contributed by atoms with van der Waals surface area (Å²) in [5.74, 6) is 0.848. The summed E-state index contributed by atoms with van der Waals surface area (Å²) in [6, 6.07) is 6.03. The molecule has 1 fully saturated rings. The first kappa shape index (κ1) is 14.6. The van der Waals surface area contributed by atoms with Crippen LogP contribution in [0.5, 0.6) is 5.75 Å². The van der Waals surface area contributed by atoms with E-state index >= 15 is 0 Å². The Kier molecular flexibility index (Phi) is 3.18. The van der Waals surface area contributed by atoms with Crippen LogP contribution < -0.4 is 4.74 Å². The highest BCUT2D eigenvalue weighted by atomic mass is 32.2. The number of hydrogen-bond donors (Lipinski definition) is 0. The van der Waals surface area contributed by atoms with E-state index < -0.39 is 10.0 Å². The van der Waals surface area contributed by atoms with Crippen molar-refractivity contribution < 1.29 is 13.2 Å². The molecule has 3 heterocycles. The van der Waals surface area contributed by atoms with Gasteiger partial charge in [0.1, 0.15) is 12.1 Å². The summed E-state index contributed by atoms with van der Waals surface area (Å²) in [5, 5.41) is 0. The summed E-state index contributed by atoms with van der Waals surface area (Å²) in [4.78, 5) is 8.12. The van der Waals surface area contributed by atoms with Crippen LogP contribution in [-0.2, 0) is 15.4 Å². The summed E-state index contributed by atoms with van der Waals surface area (Å²) >= 11 is 0. The van der Waals surface area contributed by atoms with Gasteiger partial charge in [0.25, 0.3) is 0 Å². The number of benzene rings is 1. The first-order valence-electron chi connectivity index (χ1n) is 7.46. The smallest absolute Gasteiger partial charge is 0.211 e. The lowest BCUT2D eigenvalue weighted by Gasteiger charge is -2.22. The highest BCUT2D eigenvalue weighted by Crippen LogP contribution is 2.46. The van der Waals surface area contributed by atoms with Crippen LogP contribution >= 0.6 is 0 Å². The molecule has 1 unspecified atom stereocenters. The summed E-state index contributed by atoms with van der Waals surface area (Å²) < 4.78 is 31.1. The molecule has 1 aromatic heterocycles. The second-order valence-corrected chi connectivity index (χ2v) is 8.24. The topological polar surface area (TPSA) is 72.4 Å². The lowest BCUT2D eigenvalue weighted by molar-refractivity contribution is 0.271. The fourth-order valence-electron chi connectivity index (χ4n) is 3.45. The van der Waals surface area contributed by atoms with Crippen LogP contribution in [0, 0.1) is 0 Å². The third-order valence-electron chi connectivity index (χ3n) is 4.74. The summed E-state index contributed by atoms with van der Waals surface area (Å²) in [7, 11) is -3.17. The van der Waals surface area contributed by atoms with E-state index in [1.54, 1.807) is 16.7 Å². The maximum Gasteiger partial charge on any atom is 0.211 e. The minimum Gasteiger partial charge on any atom is -0.492 e. The molecule has 2 aromatic rings. The number of hydrogen-bond acceptors (Lipinski definition) is 5. The number of rotatable bonds is 2. The third kappa shape index (κ3) is 2.40. The Morgan fingerprint density at radius 1 is 1.22 bits per heavy atom. The second-order valence-electron chi connectivity index (χ2n) is 6.25. The molecular weight excluding hydrogens is 314 g/mol. The molecule has 7 heteroatoms. The van der Waals surface area contributed by atoms with Crippen LogP contribution in [0.1, 0.15) is 12.0 Å². The van der Waals surface area contributed by atoms with Gasteiger partial charge in [-0.2, -0.15) is 0 Å². The first-order valence-corrected chi connectivity index (χ1v) is 9.31. The molecule has 0 radical (unpaired) electrons. The Morgan fingerprint density at radius 2 is 2.00 bits per heavy atom. The van der Waals surface area contributed by atoms with Crippen molar-refractivity contribution >= 4 is 10.0 Å². The SMILES string of the molecule is CS(=O)(=O)N1CCC2(COc3ccc(-c4cncnc4)cc32)C1. The van der Waals surface area contributed by atoms with Crippen molar-refractivity contribution in [2.24, 2.45) is 0 Å². The summed E-state index contributed by atoms with van der Waals surface area (Å²) in [5.41, 5.74) is 2.80. The van der Waals surface area contributed by atoms with Crippen molar-refractivity contribution in [2.75, 3.05) is 26.0 Å². The van der Waals surface area contributed by atoms with Gasteiger partial charge in [0, 0.05) is 42.0 Å². The van der Waals surface area contributed by atoms with E-state index in [0.29, 0.717) is 19.7 Å². The van der Waals surface area contributed by atoms with Crippen LogP contribution in [0.2, 0.25) is 0 Å². The van der Waals surface area contributed by atoms with Gasteiger partial charge in [0.2, 0.25) is 10.0 Å². The van der Waals surface area contributed by atoms with Crippen molar-refractivity contribution in [1.82, 2.24) is 14.3 Å². The minimum atomic E-state index is -3.17. The molecular formula is C16H17N3O3S. The van der Waals surface area contributed by atoms with E-state index in [1.807, 2.05) is 12.1 Å². The van der Waals surface area contributed by atoms with E-state index in [4.69, 9.17) is 4.74 Å². The predicted octanol–water partition coefficient (Wildman–Crippen LogP) is 1.44. The Bertz CT molecular complexity index is 854. The van der Waals surface area contributed by atoms with Crippen molar-refractivity contribution in [1.29, 1.82) is 0 Å². The monoisotopic (exact) mass is 331 g/mol. The Balaban J connectivity index is 1.74. The maximum atomic E-state index is 11.8. The highest BCUT2D eigenvalue weighted by molar-refractivity contribution is 7.88. The number of nitrogens with zero attached hydrogens (tertiary/aromatic N) is 3. The zero-order chi connectivity index (χ0) is 16.1. The van der Waals surface area contributed by atoms with Gasteiger partial charge < -0.3 is 4.74 Å². The average Bonchev–Trinajstić information content (AvgIpc) is 3.14. The highest BCUT2D eigenvalue weighted by Gasteiger charge is 2.48. The molecule has 23 heavy (non-hydrogen) atoms. The first-order chi connectivity index (χ1) is 11.0. The zero-order valence-corrected chi connectivity index (χ0v) is 13.6. The fraction of sp³-hybridized carbons (Fsp3) is 0.375. The van der Waals surface area contributed by atoms with Crippen molar-refractivity contribution in [3.05, 3.63) is 42.5 Å². The number of sulfonamides is 1. The normalized spacial score (nSPS) is 23.9. The number of aromatic nitrogens is 2. The van der Waals surface area contributed by atoms with Gasteiger partial charge in [-0.25, -0.2) is 22.7 Å². The molecule has 1 spiro atoms. The van der Waals surface area contributed by atoms with Crippen LogP contribution in [-0.4, -0.2) is 48.6 Å². The molecule has 1 aromatic carbocycles. The van der Waals surface area contributed by atoms with E-state index in [1.165, 1.54) is 12.6 Å². The van der Waals surface area contributed by atoms with E-state index in [2.05, 4.69) is 16.0 Å². The molecule has 1 atom stereocenters. The lowest BCUT2D eigenvalue weighted by atomic mass is 9.81. The largest absolute Gasteiger partial charge is 0.492 e. The second kappa shape index (κ2) is 5.01. The fourth-order valence-corrected chi connectivity index (χ4v) is 4.35. The molecule has 4 rings (SSSR count). The minimum absolute atomic E-state index is 0.246. The van der Waals surface area contributed by atoms with Crippen molar-refractivity contribution in [3.8, 4) is 16.9 Å². The van der Waals surface area contributed by atoms with Crippen LogP contribution in [0.3, 0.4) is 0 Å². The average molecular weight is 331 g/mol. The van der Waals surface area contributed by atoms with Gasteiger partial charge in [-0.3, -0.25) is 0 Å². The summed E-state index contributed by atoms with van der Waals surface area (Å²) in [6.07, 6.45) is 7.09. The van der Waals surface area contributed by atoms with Gasteiger partial charge in [-0.05, 0) is 24.1 Å². The molecule has 1 saturated heterocycles. The lowest BCUT2D eigenvalue weighted by Crippen LogP contribution is -2.35. The molecule has 0 aliphatic carbocycles. The standard InChI is InChI=1S/C16H17N3O3S/c1-23(20,21)19-5-4-16(9-19)10-22-15-3-2-12(6-14(15)16)13-7-17-11-18-8-13/h2-3,6-8,11H,4-5,9-10H2,1H3. The van der Waals surface area contributed by atoms with E-state index in [0.717, 1.165) is 28.9 Å². The van der Waals surface area contributed by atoms with Gasteiger partial charge in [0.15, 0.2) is 0 Å². The quantitative estimate of drug-likeness (QED) is 0.832. The van der Waals surface area contributed by atoms with E-state index in [-0.39, 0.29) is 5.41 Å². The Labute approximate surface area is 135 Å². The van der Waals surface area contributed by atoms with Crippen molar-refractivity contribution in [2.45, 2.75) is 11.8 Å². The van der Waals surface area contributed by atoms with Crippen molar-refractivity contribution in [3.63, 3.8) is 0 Å². The zero-order valence-electron chi connectivity index (χ0n) is 12.8. The molecule has 120 valence electrons. The third-order valence-corrected chi connectivity index (χ3v) is 5.99. The maximum absolute atomic E-state index is 11.8. The van der Waals surface area contributed by atoms with Crippen LogP contribution in [0.25, 0.3) is 11.1 Å². The van der Waals surface area contributed by atoms with Gasteiger partial charge in [0.05, 0.1) is 12.9 Å². The predicted molar refractivity (Wildman–Crippen MR) is 85.7 cm³/mol. The van der Waals surface area contributed by atoms with Crippen LogP contribution in [0.4, 0.5) is 0 Å². The van der Waals surface area contributed by atoms with E-state index in [9.17, 15) is 8.42 Å². The number of fused-ring (bicyclic) bond motifs is 2. The summed E-state index contributed by atoms with van der Waals surface area (Å²) in [6.45, 7) is 1.55. The molecule has 6 nitrogen and oxygen atoms in total. The van der Waals surface area contributed by atoms with Gasteiger partial charge in [-0.1, -0.05) is 6.07 Å². The molecule has 0 saturated carbocycles. The molecule has 0 N–H and O–H groups in total.